The molecule has 5 nitrogen and oxygen atoms in total. The van der Waals surface area contributed by atoms with Gasteiger partial charge in [-0.25, -0.2) is 0 Å². The number of halogens is 2. The monoisotopic (exact) mass is 666 g/mol. The van der Waals surface area contributed by atoms with Crippen LogP contribution in [0.4, 0.5) is 5.69 Å². The van der Waals surface area contributed by atoms with Crippen molar-refractivity contribution < 1.29 is 14.3 Å². The molecule has 2 aromatic rings. The lowest BCUT2D eigenvalue weighted by molar-refractivity contribution is -0.118. The number of unbranched alkanes of at least 4 members (excludes halogenated alkanes) is 11. The lowest BCUT2D eigenvalue weighted by Gasteiger charge is -2.18. The van der Waals surface area contributed by atoms with Crippen molar-refractivity contribution in [2.75, 3.05) is 24.4 Å². The Morgan fingerprint density at radius 3 is 2.22 bits per heavy atom. The first-order valence-electron chi connectivity index (χ1n) is 15.0. The van der Waals surface area contributed by atoms with Gasteiger partial charge in [0, 0.05) is 24.5 Å². The number of thioether (sulfide) groups is 1. The fourth-order valence-electron chi connectivity index (χ4n) is 4.76. The van der Waals surface area contributed by atoms with Crippen LogP contribution in [0.2, 0.25) is 5.02 Å². The van der Waals surface area contributed by atoms with E-state index in [-0.39, 0.29) is 29.5 Å². The first-order chi connectivity index (χ1) is 19.5. The molecule has 0 unspecified atom stereocenters. The number of rotatable bonds is 20. The van der Waals surface area contributed by atoms with Crippen molar-refractivity contribution >= 4 is 51.9 Å². The first-order valence-corrected chi connectivity index (χ1v) is 16.4. The number of para-hydroxylation sites is 1. The smallest absolute Gasteiger partial charge is 0.262 e. The number of hydrogen-bond donors (Lipinski definition) is 1. The van der Waals surface area contributed by atoms with Crippen molar-refractivity contribution in [3.05, 3.63) is 64.2 Å². The van der Waals surface area contributed by atoms with E-state index in [4.69, 9.17) is 21.1 Å². The van der Waals surface area contributed by atoms with Crippen LogP contribution in [0.5, 0.6) is 11.5 Å². The zero-order chi connectivity index (χ0) is 28.4. The van der Waals surface area contributed by atoms with Crippen LogP contribution in [-0.4, -0.2) is 29.9 Å². The predicted molar refractivity (Wildman–Crippen MR) is 181 cm³/mol. The van der Waals surface area contributed by atoms with Crippen molar-refractivity contribution in [1.82, 2.24) is 4.90 Å². The molecule has 1 heterocycles. The predicted octanol–water partition coefficient (Wildman–Crippen LogP) is 10.4. The van der Waals surface area contributed by atoms with Gasteiger partial charge < -0.3 is 19.7 Å². The van der Waals surface area contributed by atoms with Crippen molar-refractivity contribution in [1.29, 1.82) is 0 Å². The molecule has 0 bridgehead atoms. The van der Waals surface area contributed by atoms with E-state index in [9.17, 15) is 4.79 Å². The topological polar surface area (TPSA) is 50.8 Å². The number of anilines is 1. The van der Waals surface area contributed by atoms with Crippen LogP contribution in [0.15, 0.2) is 53.6 Å². The molecule has 0 saturated carbocycles. The third-order valence-corrected chi connectivity index (χ3v) is 8.33. The Hall–Kier alpha value is -1.83. The van der Waals surface area contributed by atoms with Gasteiger partial charge >= 0.3 is 0 Å². The Labute approximate surface area is 267 Å². The van der Waals surface area contributed by atoms with E-state index in [1.54, 1.807) is 12.1 Å². The largest absolute Gasteiger partial charge is 0.492 e. The van der Waals surface area contributed by atoms with Gasteiger partial charge in [0.1, 0.15) is 11.5 Å². The number of nitrogens with one attached hydrogen (secondary N) is 1. The van der Waals surface area contributed by atoms with Gasteiger partial charge in [-0.05, 0) is 42.0 Å². The molecular formula is C33H48BrClN2O3S. The van der Waals surface area contributed by atoms with E-state index in [1.807, 2.05) is 42.1 Å². The highest BCUT2D eigenvalue weighted by atomic mass is 79.9. The molecular weight excluding hydrogens is 620 g/mol. The molecule has 0 fully saturated rings. The zero-order valence-electron chi connectivity index (χ0n) is 24.8. The molecule has 0 aromatic heterocycles. The van der Waals surface area contributed by atoms with Gasteiger partial charge in [-0.1, -0.05) is 107 Å². The van der Waals surface area contributed by atoms with Crippen LogP contribution in [0.25, 0.3) is 0 Å². The van der Waals surface area contributed by atoms with Gasteiger partial charge in [0.15, 0.2) is 6.61 Å². The Kier molecular flexibility index (Phi) is 18.1. The summed E-state index contributed by atoms with van der Waals surface area (Å²) in [4.78, 5) is 16.1. The van der Waals surface area contributed by atoms with Crippen LogP contribution in [0, 0.1) is 0 Å². The van der Waals surface area contributed by atoms with E-state index < -0.39 is 0 Å². The number of hydrogen-bond acceptors (Lipinski definition) is 5. The fraction of sp³-hybridized carbons (Fsp3) is 0.545. The molecule has 0 atom stereocenters. The molecule has 8 heteroatoms. The highest BCUT2D eigenvalue weighted by Gasteiger charge is 2.14. The molecule has 0 spiro atoms. The summed E-state index contributed by atoms with van der Waals surface area (Å²) >= 11 is 8.24. The van der Waals surface area contributed by atoms with Gasteiger partial charge in [-0.15, -0.1) is 28.7 Å². The number of carbonyl (C=O) groups excluding carboxylic acids is 1. The number of allylic oxidation sites excluding steroid dienone is 1. The number of carbonyl (C=O) groups is 1. The molecule has 41 heavy (non-hydrogen) atoms. The van der Waals surface area contributed by atoms with Crippen molar-refractivity contribution in [3.8, 4) is 11.5 Å². The molecule has 3 rings (SSSR count). The van der Waals surface area contributed by atoms with Crippen molar-refractivity contribution in [2.24, 2.45) is 0 Å². The van der Waals surface area contributed by atoms with Crippen LogP contribution in [-0.2, 0) is 11.3 Å². The maximum atomic E-state index is 12.6. The Morgan fingerprint density at radius 1 is 0.927 bits per heavy atom. The molecule has 2 aromatic carbocycles. The van der Waals surface area contributed by atoms with Crippen molar-refractivity contribution in [2.45, 2.75) is 97.4 Å². The first kappa shape index (κ1) is 35.4. The van der Waals surface area contributed by atoms with E-state index in [2.05, 4.69) is 30.3 Å². The normalized spacial score (nSPS) is 12.6. The van der Waals surface area contributed by atoms with Gasteiger partial charge in [0.25, 0.3) is 5.91 Å². The van der Waals surface area contributed by atoms with Gasteiger partial charge in [-0.2, -0.15) is 0 Å². The quantitative estimate of drug-likeness (QED) is 0.142. The Bertz CT molecular complexity index is 1070. The summed E-state index contributed by atoms with van der Waals surface area (Å²) in [6.07, 6.45) is 18.0. The van der Waals surface area contributed by atoms with Crippen LogP contribution < -0.4 is 14.8 Å². The average molecular weight is 668 g/mol. The van der Waals surface area contributed by atoms with E-state index >= 15 is 0 Å². The second-order valence-electron chi connectivity index (χ2n) is 10.6. The highest BCUT2D eigenvalue weighted by molar-refractivity contribution is 8.93. The number of ether oxygens (including phenoxy) is 2. The third-order valence-electron chi connectivity index (χ3n) is 7.02. The molecule has 0 saturated heterocycles. The molecule has 228 valence electrons. The third kappa shape index (κ3) is 14.3. The summed E-state index contributed by atoms with van der Waals surface area (Å²) in [6, 6.07) is 13.2. The van der Waals surface area contributed by atoms with E-state index in [0.717, 1.165) is 30.1 Å². The minimum atomic E-state index is -0.210. The summed E-state index contributed by atoms with van der Waals surface area (Å²) < 4.78 is 11.6. The van der Waals surface area contributed by atoms with E-state index in [0.29, 0.717) is 23.1 Å². The minimum absolute atomic E-state index is 0. The molecule has 1 aliphatic rings. The maximum absolute atomic E-state index is 12.6. The summed E-state index contributed by atoms with van der Waals surface area (Å²) in [6.45, 7) is 5.69. The Morgan fingerprint density at radius 2 is 1.59 bits per heavy atom. The zero-order valence-corrected chi connectivity index (χ0v) is 28.1. The van der Waals surface area contributed by atoms with E-state index in [1.165, 1.54) is 75.5 Å². The van der Waals surface area contributed by atoms with Crippen LogP contribution >= 0.6 is 40.3 Å². The lowest BCUT2D eigenvalue weighted by atomic mass is 10.1. The standard InChI is InChI=1S/C33H47ClN2O3S.BrH/c1-3-4-5-6-7-8-9-10-11-12-13-16-21-38-32-20-19-29(22-30(32)34)39-25-33(37)35-31-18-15-14-17-28(31)24-36-23-27(2)40-26-36;/h14-15,17-20,22-23H,3-13,16,21,24-26H2,1-2H3,(H,35,37);1H. The molecule has 1 N–H and O–H groups in total. The number of nitrogens with zero attached hydrogens (tertiary/aromatic N) is 1. The summed E-state index contributed by atoms with van der Waals surface area (Å²) in [7, 11) is 0. The van der Waals surface area contributed by atoms with Crippen molar-refractivity contribution in [3.63, 3.8) is 0 Å². The lowest BCUT2D eigenvalue weighted by Crippen LogP contribution is -2.22. The van der Waals surface area contributed by atoms with Gasteiger partial charge in [0.2, 0.25) is 0 Å². The second kappa shape index (κ2) is 21.0. The number of amides is 1. The molecule has 1 amide bonds. The Balaban J connectivity index is 0.00000588. The molecule has 0 radical (unpaired) electrons. The number of benzene rings is 2. The maximum Gasteiger partial charge on any atom is 0.262 e. The fourth-order valence-corrected chi connectivity index (χ4v) is 5.74. The van der Waals surface area contributed by atoms with Gasteiger partial charge in [0.05, 0.1) is 17.5 Å². The second-order valence-corrected chi connectivity index (χ2v) is 12.2. The highest BCUT2D eigenvalue weighted by Crippen LogP contribution is 2.30. The molecule has 1 aliphatic heterocycles. The molecule has 0 aliphatic carbocycles. The summed E-state index contributed by atoms with van der Waals surface area (Å²) in [5.74, 6) is 1.91. The average Bonchev–Trinajstić information content (AvgIpc) is 3.36. The van der Waals surface area contributed by atoms with Crippen LogP contribution in [0.3, 0.4) is 0 Å². The van der Waals surface area contributed by atoms with Crippen LogP contribution in [0.1, 0.15) is 96.5 Å². The summed E-state index contributed by atoms with van der Waals surface area (Å²) in [5.41, 5.74) is 1.87. The summed E-state index contributed by atoms with van der Waals surface area (Å²) in [5, 5.41) is 3.48. The van der Waals surface area contributed by atoms with Gasteiger partial charge in [-0.3, -0.25) is 4.79 Å². The SMILES string of the molecule is Br.CCCCCCCCCCCCCCOc1ccc(OCC(=O)Nc2ccccc2CN2C=C(C)SC2)cc1Cl. The minimum Gasteiger partial charge on any atom is -0.492 e.